The van der Waals surface area contributed by atoms with Crippen LogP contribution in [-0.2, 0) is 12.1 Å². The summed E-state index contributed by atoms with van der Waals surface area (Å²) in [5.41, 5.74) is 7.38. The van der Waals surface area contributed by atoms with Gasteiger partial charge in [0.05, 0.1) is 5.54 Å². The van der Waals surface area contributed by atoms with Crippen LogP contribution in [0.25, 0.3) is 0 Å². The van der Waals surface area contributed by atoms with E-state index in [1.807, 2.05) is 18.2 Å². The van der Waals surface area contributed by atoms with Crippen molar-refractivity contribution < 1.29 is 0 Å². The summed E-state index contributed by atoms with van der Waals surface area (Å²) < 4.78 is 1.46. The van der Waals surface area contributed by atoms with Gasteiger partial charge in [0.25, 0.3) is 5.56 Å². The van der Waals surface area contributed by atoms with Gasteiger partial charge in [0.15, 0.2) is 0 Å². The fourth-order valence-corrected chi connectivity index (χ4v) is 2.65. The van der Waals surface area contributed by atoms with E-state index in [1.165, 1.54) is 22.4 Å². The number of allylic oxidation sites excluding steroid dienone is 1. The molecule has 0 atom stereocenters. The van der Waals surface area contributed by atoms with E-state index in [1.54, 1.807) is 0 Å². The van der Waals surface area contributed by atoms with E-state index in [-0.39, 0.29) is 16.8 Å². The predicted molar refractivity (Wildman–Crippen MR) is 93.6 cm³/mol. The molecule has 0 amide bonds. The van der Waals surface area contributed by atoms with Crippen LogP contribution < -0.4 is 22.1 Å². The molecule has 1 saturated carbocycles. The zero-order chi connectivity index (χ0) is 16.8. The maximum absolute atomic E-state index is 11.5. The fourth-order valence-electron chi connectivity index (χ4n) is 2.65. The zero-order valence-electron chi connectivity index (χ0n) is 13.5. The summed E-state index contributed by atoms with van der Waals surface area (Å²) in [5.74, 6) is 0. The van der Waals surface area contributed by atoms with Crippen molar-refractivity contribution in [3.05, 3.63) is 81.1 Å². The fraction of sp³-hybridized carbons (Fsp3) is 0.333. The standard InChI is InChI=1S/C18H22N4O2/c23-16-9-14-22(17(24)20-16)13-6-2-5-12-19-21-18(10-11-18)15-7-3-1-4-8-15/h1-4,6-9,14,19,21H,5,10-13H2,(H,20,23,24)/b6-2+. The lowest BCUT2D eigenvalue weighted by Crippen LogP contribution is -2.41. The van der Waals surface area contributed by atoms with Gasteiger partial charge in [-0.25, -0.2) is 10.2 Å². The molecule has 0 spiro atoms. The lowest BCUT2D eigenvalue weighted by atomic mass is 10.1. The zero-order valence-corrected chi connectivity index (χ0v) is 13.5. The third-order valence-corrected chi connectivity index (χ3v) is 4.21. The topological polar surface area (TPSA) is 78.9 Å². The Kier molecular flexibility index (Phi) is 5.08. The quantitative estimate of drug-likeness (QED) is 0.388. The Bertz CT molecular complexity index is 804. The van der Waals surface area contributed by atoms with Gasteiger partial charge in [-0.1, -0.05) is 42.5 Å². The van der Waals surface area contributed by atoms with Crippen molar-refractivity contribution in [2.45, 2.75) is 31.3 Å². The summed E-state index contributed by atoms with van der Waals surface area (Å²) in [4.78, 5) is 24.7. The molecule has 3 rings (SSSR count). The first-order valence-electron chi connectivity index (χ1n) is 8.20. The average Bonchev–Trinajstić information content (AvgIpc) is 3.38. The Labute approximate surface area is 140 Å². The minimum absolute atomic E-state index is 0.0915. The predicted octanol–water partition coefficient (Wildman–Crippen LogP) is 1.27. The highest BCUT2D eigenvalue weighted by Crippen LogP contribution is 2.44. The Morgan fingerprint density at radius 2 is 1.92 bits per heavy atom. The van der Waals surface area contributed by atoms with Crippen LogP contribution in [0.4, 0.5) is 0 Å². The normalized spacial score (nSPS) is 15.7. The van der Waals surface area contributed by atoms with E-state index in [0.29, 0.717) is 6.54 Å². The first kappa shape index (κ1) is 16.4. The highest BCUT2D eigenvalue weighted by Gasteiger charge is 2.43. The van der Waals surface area contributed by atoms with Gasteiger partial charge in [-0.15, -0.1) is 0 Å². The Balaban J connectivity index is 1.38. The molecule has 1 aliphatic rings. The molecule has 6 nitrogen and oxygen atoms in total. The third kappa shape index (κ3) is 4.10. The van der Waals surface area contributed by atoms with Gasteiger partial charge in [-0.05, 0) is 24.8 Å². The van der Waals surface area contributed by atoms with E-state index in [4.69, 9.17) is 0 Å². The van der Waals surface area contributed by atoms with Gasteiger partial charge in [-0.3, -0.25) is 19.8 Å². The van der Waals surface area contributed by atoms with Gasteiger partial charge in [0.1, 0.15) is 0 Å². The molecular weight excluding hydrogens is 304 g/mol. The number of nitrogens with one attached hydrogen (secondary N) is 3. The molecule has 0 unspecified atom stereocenters. The Hall–Kier alpha value is -2.44. The second-order valence-corrected chi connectivity index (χ2v) is 6.02. The van der Waals surface area contributed by atoms with Crippen LogP contribution in [0.3, 0.4) is 0 Å². The number of aromatic amines is 1. The molecule has 3 N–H and O–H groups in total. The molecule has 1 aliphatic carbocycles. The molecule has 24 heavy (non-hydrogen) atoms. The van der Waals surface area contributed by atoms with Crippen molar-refractivity contribution in [2.75, 3.05) is 6.54 Å². The number of aromatic nitrogens is 2. The molecule has 2 aromatic rings. The number of hydrogen-bond acceptors (Lipinski definition) is 4. The number of H-pyrrole nitrogens is 1. The minimum atomic E-state index is -0.384. The van der Waals surface area contributed by atoms with Crippen molar-refractivity contribution in [1.82, 2.24) is 20.4 Å². The van der Waals surface area contributed by atoms with E-state index in [2.05, 4.69) is 40.1 Å². The monoisotopic (exact) mass is 326 g/mol. The van der Waals surface area contributed by atoms with Crippen LogP contribution in [0, 0.1) is 0 Å². The van der Waals surface area contributed by atoms with Crippen molar-refractivity contribution in [3.63, 3.8) is 0 Å². The van der Waals surface area contributed by atoms with Crippen LogP contribution in [0.15, 0.2) is 64.3 Å². The molecule has 0 bridgehead atoms. The largest absolute Gasteiger partial charge is 0.328 e. The summed E-state index contributed by atoms with van der Waals surface area (Å²) in [6.07, 6.45) is 8.60. The van der Waals surface area contributed by atoms with E-state index < -0.39 is 0 Å². The highest BCUT2D eigenvalue weighted by atomic mass is 16.2. The number of benzene rings is 1. The molecule has 0 aliphatic heterocycles. The minimum Gasteiger partial charge on any atom is -0.297 e. The smallest absolute Gasteiger partial charge is 0.297 e. The second kappa shape index (κ2) is 7.42. The summed E-state index contributed by atoms with van der Waals surface area (Å²) >= 11 is 0. The van der Waals surface area contributed by atoms with Gasteiger partial charge >= 0.3 is 5.69 Å². The van der Waals surface area contributed by atoms with Crippen LogP contribution in [-0.4, -0.2) is 16.1 Å². The van der Waals surface area contributed by atoms with Gasteiger partial charge in [0.2, 0.25) is 0 Å². The molecule has 1 heterocycles. The van der Waals surface area contributed by atoms with Crippen LogP contribution in [0.2, 0.25) is 0 Å². The molecule has 126 valence electrons. The van der Waals surface area contributed by atoms with Gasteiger partial charge < -0.3 is 0 Å². The summed E-state index contributed by atoms with van der Waals surface area (Å²) in [6, 6.07) is 11.8. The maximum atomic E-state index is 11.5. The van der Waals surface area contributed by atoms with Crippen LogP contribution in [0.1, 0.15) is 24.8 Å². The molecule has 6 heteroatoms. The lowest BCUT2D eigenvalue weighted by Gasteiger charge is -2.18. The lowest BCUT2D eigenvalue weighted by molar-refractivity contribution is 0.426. The van der Waals surface area contributed by atoms with Crippen LogP contribution >= 0.6 is 0 Å². The highest BCUT2D eigenvalue weighted by molar-refractivity contribution is 5.29. The molecular formula is C18H22N4O2. The molecule has 1 fully saturated rings. The summed E-state index contributed by atoms with van der Waals surface area (Å²) in [5, 5.41) is 0. The molecule has 0 saturated heterocycles. The second-order valence-electron chi connectivity index (χ2n) is 6.02. The summed E-state index contributed by atoms with van der Waals surface area (Å²) in [7, 11) is 0. The number of rotatable bonds is 8. The number of hydrogen-bond donors (Lipinski definition) is 3. The molecule has 1 aromatic carbocycles. The average molecular weight is 326 g/mol. The van der Waals surface area contributed by atoms with E-state index in [0.717, 1.165) is 25.8 Å². The SMILES string of the molecule is O=c1ccn(C/C=C/CCNNC2(c3ccccc3)CC2)c(=O)[nH]1. The number of hydrazine groups is 1. The van der Waals surface area contributed by atoms with Crippen molar-refractivity contribution in [3.8, 4) is 0 Å². The van der Waals surface area contributed by atoms with Gasteiger partial charge in [-0.2, -0.15) is 0 Å². The van der Waals surface area contributed by atoms with Crippen molar-refractivity contribution in [2.24, 2.45) is 0 Å². The Morgan fingerprint density at radius 3 is 2.62 bits per heavy atom. The first-order chi connectivity index (χ1) is 11.7. The first-order valence-corrected chi connectivity index (χ1v) is 8.20. The Morgan fingerprint density at radius 1 is 1.12 bits per heavy atom. The van der Waals surface area contributed by atoms with E-state index in [9.17, 15) is 9.59 Å². The number of nitrogens with zero attached hydrogens (tertiary/aromatic N) is 1. The van der Waals surface area contributed by atoms with Crippen molar-refractivity contribution in [1.29, 1.82) is 0 Å². The maximum Gasteiger partial charge on any atom is 0.328 e. The van der Waals surface area contributed by atoms with Crippen molar-refractivity contribution >= 4 is 0 Å². The summed E-state index contributed by atoms with van der Waals surface area (Å²) in [6.45, 7) is 1.27. The molecule has 0 radical (unpaired) electrons. The van der Waals surface area contributed by atoms with Crippen LogP contribution in [0.5, 0.6) is 0 Å². The third-order valence-electron chi connectivity index (χ3n) is 4.21. The van der Waals surface area contributed by atoms with Gasteiger partial charge in [0, 0.05) is 25.4 Å². The molecule has 1 aromatic heterocycles. The van der Waals surface area contributed by atoms with E-state index >= 15 is 0 Å².